The predicted molar refractivity (Wildman–Crippen MR) is 128 cm³/mol. The summed E-state index contributed by atoms with van der Waals surface area (Å²) < 4.78 is 11.2. The molecule has 1 atom stereocenters. The summed E-state index contributed by atoms with van der Waals surface area (Å²) >= 11 is 5.95. The SMILES string of the molecule is CCOc1ccc([C@@H](CNC(=O)c2ccc(Cl)cc2)c2c[nH]c3ccccc23)cc1OC. The second kappa shape index (κ2) is 9.79. The van der Waals surface area contributed by atoms with Crippen molar-refractivity contribution in [2.75, 3.05) is 20.3 Å². The number of nitrogens with one attached hydrogen (secondary N) is 2. The first-order chi connectivity index (χ1) is 15.6. The van der Waals surface area contributed by atoms with E-state index in [1.165, 1.54) is 0 Å². The fourth-order valence-electron chi connectivity index (χ4n) is 3.86. The van der Waals surface area contributed by atoms with Crippen molar-refractivity contribution in [3.63, 3.8) is 0 Å². The second-order valence-electron chi connectivity index (χ2n) is 7.40. The van der Waals surface area contributed by atoms with Crippen LogP contribution in [0, 0.1) is 0 Å². The zero-order chi connectivity index (χ0) is 22.5. The van der Waals surface area contributed by atoms with Gasteiger partial charge < -0.3 is 19.8 Å². The van der Waals surface area contributed by atoms with Gasteiger partial charge in [-0.1, -0.05) is 35.9 Å². The topological polar surface area (TPSA) is 63.3 Å². The number of aromatic nitrogens is 1. The van der Waals surface area contributed by atoms with Crippen LogP contribution in [0.15, 0.2) is 72.9 Å². The van der Waals surface area contributed by atoms with Crippen molar-refractivity contribution < 1.29 is 14.3 Å². The summed E-state index contributed by atoms with van der Waals surface area (Å²) in [6.07, 6.45) is 2.01. The third kappa shape index (κ3) is 4.58. The Hall–Kier alpha value is -3.44. The molecule has 0 aliphatic rings. The zero-order valence-electron chi connectivity index (χ0n) is 18.0. The molecule has 32 heavy (non-hydrogen) atoms. The van der Waals surface area contributed by atoms with Crippen LogP contribution >= 0.6 is 11.6 Å². The van der Waals surface area contributed by atoms with Crippen LogP contribution in [0.2, 0.25) is 5.02 Å². The Kier molecular flexibility index (Phi) is 6.66. The first-order valence-corrected chi connectivity index (χ1v) is 10.9. The standard InChI is InChI=1S/C26H25ClN2O3/c1-3-32-24-13-10-18(14-25(24)31-2)21(22-16-28-23-7-5-4-6-20(22)23)15-29-26(30)17-8-11-19(27)12-9-17/h4-14,16,21,28H,3,15H2,1-2H3,(H,29,30)/t21-/m1/s1. The fraction of sp³-hybridized carbons (Fsp3) is 0.192. The molecule has 0 fully saturated rings. The lowest BCUT2D eigenvalue weighted by atomic mass is 9.90. The molecule has 0 aliphatic carbocycles. The lowest BCUT2D eigenvalue weighted by Gasteiger charge is -2.20. The minimum atomic E-state index is -0.149. The van der Waals surface area contributed by atoms with Crippen LogP contribution in [0.3, 0.4) is 0 Å². The van der Waals surface area contributed by atoms with Gasteiger partial charge in [0.2, 0.25) is 0 Å². The quantitative estimate of drug-likeness (QED) is 0.358. The Morgan fingerprint density at radius 1 is 1.06 bits per heavy atom. The van der Waals surface area contributed by atoms with E-state index in [0.717, 1.165) is 22.0 Å². The van der Waals surface area contributed by atoms with E-state index in [4.69, 9.17) is 21.1 Å². The van der Waals surface area contributed by atoms with Crippen molar-refractivity contribution in [2.24, 2.45) is 0 Å². The van der Waals surface area contributed by atoms with Gasteiger partial charge in [-0.2, -0.15) is 0 Å². The molecule has 2 N–H and O–H groups in total. The Balaban J connectivity index is 1.69. The van der Waals surface area contributed by atoms with Crippen LogP contribution in [0.5, 0.6) is 11.5 Å². The molecule has 0 radical (unpaired) electrons. The molecule has 164 valence electrons. The molecule has 6 heteroatoms. The number of hydrogen-bond donors (Lipinski definition) is 2. The highest BCUT2D eigenvalue weighted by molar-refractivity contribution is 6.30. The maximum Gasteiger partial charge on any atom is 0.251 e. The van der Waals surface area contributed by atoms with Crippen LogP contribution < -0.4 is 14.8 Å². The second-order valence-corrected chi connectivity index (χ2v) is 7.84. The smallest absolute Gasteiger partial charge is 0.251 e. The van der Waals surface area contributed by atoms with E-state index in [2.05, 4.69) is 16.4 Å². The lowest BCUT2D eigenvalue weighted by molar-refractivity contribution is 0.0952. The third-order valence-corrected chi connectivity index (χ3v) is 5.71. The number of H-pyrrole nitrogens is 1. The third-order valence-electron chi connectivity index (χ3n) is 5.46. The molecule has 1 aromatic heterocycles. The molecule has 0 unspecified atom stereocenters. The van der Waals surface area contributed by atoms with Crippen LogP contribution in [0.25, 0.3) is 10.9 Å². The summed E-state index contributed by atoms with van der Waals surface area (Å²) in [4.78, 5) is 16.1. The fourth-order valence-corrected chi connectivity index (χ4v) is 3.99. The Labute approximate surface area is 192 Å². The highest BCUT2D eigenvalue weighted by atomic mass is 35.5. The number of fused-ring (bicyclic) bond motifs is 1. The number of rotatable bonds is 8. The predicted octanol–water partition coefficient (Wildman–Crippen LogP) is 5.79. The van der Waals surface area contributed by atoms with Gasteiger partial charge in [0.15, 0.2) is 11.5 Å². The van der Waals surface area contributed by atoms with E-state index in [-0.39, 0.29) is 11.8 Å². The molecule has 4 rings (SSSR count). The Morgan fingerprint density at radius 2 is 1.84 bits per heavy atom. The number of para-hydroxylation sites is 1. The number of benzene rings is 3. The van der Waals surface area contributed by atoms with E-state index in [1.54, 1.807) is 31.4 Å². The van der Waals surface area contributed by atoms with Crippen molar-refractivity contribution in [1.82, 2.24) is 10.3 Å². The molecular formula is C26H25ClN2O3. The molecule has 0 bridgehead atoms. The van der Waals surface area contributed by atoms with Crippen molar-refractivity contribution in [2.45, 2.75) is 12.8 Å². The van der Waals surface area contributed by atoms with Crippen LogP contribution in [0.4, 0.5) is 0 Å². The van der Waals surface area contributed by atoms with Crippen LogP contribution in [0.1, 0.15) is 34.3 Å². The molecule has 3 aromatic carbocycles. The molecule has 1 amide bonds. The number of amides is 1. The minimum Gasteiger partial charge on any atom is -0.493 e. The van der Waals surface area contributed by atoms with Crippen molar-refractivity contribution in [3.8, 4) is 11.5 Å². The van der Waals surface area contributed by atoms with Gasteiger partial charge in [0.25, 0.3) is 5.91 Å². The highest BCUT2D eigenvalue weighted by Gasteiger charge is 2.21. The maximum absolute atomic E-state index is 12.8. The Bertz CT molecular complexity index is 1220. The van der Waals surface area contributed by atoms with E-state index in [0.29, 0.717) is 35.2 Å². The normalized spacial score (nSPS) is 11.8. The van der Waals surface area contributed by atoms with Crippen LogP contribution in [-0.2, 0) is 0 Å². The number of hydrogen-bond acceptors (Lipinski definition) is 3. The molecular weight excluding hydrogens is 424 g/mol. The lowest BCUT2D eigenvalue weighted by Crippen LogP contribution is -2.28. The van der Waals surface area contributed by atoms with Gasteiger partial charge in [-0.3, -0.25) is 4.79 Å². The van der Waals surface area contributed by atoms with Gasteiger partial charge in [0, 0.05) is 40.1 Å². The van der Waals surface area contributed by atoms with E-state index >= 15 is 0 Å². The number of ether oxygens (including phenoxy) is 2. The van der Waals surface area contributed by atoms with Gasteiger partial charge in [0.05, 0.1) is 13.7 Å². The summed E-state index contributed by atoms with van der Waals surface area (Å²) in [5.41, 5.74) is 3.74. The van der Waals surface area contributed by atoms with Crippen molar-refractivity contribution >= 4 is 28.4 Å². The first-order valence-electron chi connectivity index (χ1n) is 10.5. The van der Waals surface area contributed by atoms with Crippen molar-refractivity contribution in [3.05, 3.63) is 94.6 Å². The van der Waals surface area contributed by atoms with Gasteiger partial charge in [-0.15, -0.1) is 0 Å². The molecule has 0 saturated carbocycles. The minimum absolute atomic E-state index is 0.0908. The monoisotopic (exact) mass is 448 g/mol. The zero-order valence-corrected chi connectivity index (χ0v) is 18.8. The summed E-state index contributed by atoms with van der Waals surface area (Å²) in [6.45, 7) is 2.91. The van der Waals surface area contributed by atoms with Gasteiger partial charge in [0.1, 0.15) is 0 Å². The average molecular weight is 449 g/mol. The number of aromatic amines is 1. The van der Waals surface area contributed by atoms with Gasteiger partial charge >= 0.3 is 0 Å². The molecule has 0 saturated heterocycles. The largest absolute Gasteiger partial charge is 0.493 e. The van der Waals surface area contributed by atoms with E-state index < -0.39 is 0 Å². The summed E-state index contributed by atoms with van der Waals surface area (Å²) in [7, 11) is 1.63. The maximum atomic E-state index is 12.8. The number of carbonyl (C=O) groups excluding carboxylic acids is 1. The average Bonchev–Trinajstić information content (AvgIpc) is 3.24. The summed E-state index contributed by atoms with van der Waals surface area (Å²) in [6, 6.07) is 20.9. The van der Waals surface area contributed by atoms with Crippen LogP contribution in [-0.4, -0.2) is 31.2 Å². The Morgan fingerprint density at radius 3 is 2.59 bits per heavy atom. The summed E-state index contributed by atoms with van der Waals surface area (Å²) in [5.74, 6) is 1.12. The van der Waals surface area contributed by atoms with Gasteiger partial charge in [-0.05, 0) is 60.5 Å². The number of halogens is 1. The van der Waals surface area contributed by atoms with Gasteiger partial charge in [-0.25, -0.2) is 0 Å². The first kappa shape index (κ1) is 21.8. The van der Waals surface area contributed by atoms with E-state index in [9.17, 15) is 4.79 Å². The van der Waals surface area contributed by atoms with Crippen molar-refractivity contribution in [1.29, 1.82) is 0 Å². The highest BCUT2D eigenvalue weighted by Crippen LogP contribution is 2.36. The summed E-state index contributed by atoms with van der Waals surface area (Å²) in [5, 5.41) is 4.79. The molecule has 0 aliphatic heterocycles. The number of methoxy groups -OCH3 is 1. The molecule has 5 nitrogen and oxygen atoms in total. The van der Waals surface area contributed by atoms with E-state index in [1.807, 2.05) is 49.5 Å². The molecule has 0 spiro atoms. The molecule has 1 heterocycles. The molecule has 4 aromatic rings. The number of carbonyl (C=O) groups is 1.